The van der Waals surface area contributed by atoms with Crippen LogP contribution in [0.4, 0.5) is 4.39 Å². The minimum absolute atomic E-state index is 0.0437. The maximum Gasteiger partial charge on any atom is 0.252 e. The van der Waals surface area contributed by atoms with Gasteiger partial charge in [-0.25, -0.2) is 4.39 Å². The van der Waals surface area contributed by atoms with Crippen molar-refractivity contribution >= 4 is 5.91 Å². The van der Waals surface area contributed by atoms with Crippen LogP contribution in [0.3, 0.4) is 0 Å². The van der Waals surface area contributed by atoms with Gasteiger partial charge in [0.1, 0.15) is 41.9 Å². The van der Waals surface area contributed by atoms with E-state index in [9.17, 15) is 29.6 Å². The summed E-state index contributed by atoms with van der Waals surface area (Å²) in [4.78, 5) is 12.7. The number of nitrogens with two attached hydrogens (primary N) is 4. The Kier molecular flexibility index (Phi) is 13.5. The third-order valence-electron chi connectivity index (χ3n) is 8.09. The Balaban J connectivity index is 1.85. The lowest BCUT2D eigenvalue weighted by Crippen LogP contribution is -2.69. The van der Waals surface area contributed by atoms with E-state index in [-0.39, 0.29) is 25.6 Å². The molecule has 2 heterocycles. The number of hydrogen-bond acceptors (Lipinski definition) is 15. The highest BCUT2D eigenvalue weighted by Gasteiger charge is 2.52. The van der Waals surface area contributed by atoms with Crippen LogP contribution in [0.15, 0.2) is 11.8 Å². The highest BCUT2D eigenvalue weighted by atomic mass is 19.1. The SMILES string of the molecule is CN[C@@H]1[C@@H](O)[C@@H](O[C@H]2[C@H](NC(=O)C(O)C(F)CN)C[C@H](N)C(O[C@H]3OC(CN)=CC[C@H]3NCCCN)[C@@H]2O)OC[C@]1(C)O. The smallest absolute Gasteiger partial charge is 0.252 e. The summed E-state index contributed by atoms with van der Waals surface area (Å²) in [6, 6.07) is -3.16. The number of likely N-dealkylation sites (N-methyl/N-ethyl adjacent to an activating group) is 1. The van der Waals surface area contributed by atoms with Crippen LogP contribution in [-0.2, 0) is 23.7 Å². The summed E-state index contributed by atoms with van der Waals surface area (Å²) in [6.07, 6.45) is -8.71. The van der Waals surface area contributed by atoms with E-state index in [0.717, 1.165) is 0 Å². The van der Waals surface area contributed by atoms with Crippen molar-refractivity contribution in [3.05, 3.63) is 11.8 Å². The quantitative estimate of drug-likeness (QED) is 0.0808. The number of ether oxygens (including phenoxy) is 4. The van der Waals surface area contributed by atoms with E-state index in [1.807, 2.05) is 6.08 Å². The summed E-state index contributed by atoms with van der Waals surface area (Å²) < 4.78 is 37.9. The molecule has 2 fully saturated rings. The van der Waals surface area contributed by atoms with Gasteiger partial charge in [0.25, 0.3) is 5.91 Å². The molecule has 250 valence electrons. The van der Waals surface area contributed by atoms with Crippen molar-refractivity contribution in [1.82, 2.24) is 16.0 Å². The largest absolute Gasteiger partial charge is 0.467 e. The van der Waals surface area contributed by atoms with Crippen LogP contribution in [0.1, 0.15) is 26.2 Å². The van der Waals surface area contributed by atoms with Gasteiger partial charge in [0.05, 0.1) is 31.3 Å². The molecule has 2 aliphatic heterocycles. The van der Waals surface area contributed by atoms with Gasteiger partial charge in [0.2, 0.25) is 6.29 Å². The number of hydrogen-bond donors (Lipinski definition) is 11. The molecule has 43 heavy (non-hydrogen) atoms. The Morgan fingerprint density at radius 2 is 1.88 bits per heavy atom. The number of alkyl halides is 1. The predicted octanol–water partition coefficient (Wildman–Crippen LogP) is -5.06. The zero-order valence-corrected chi connectivity index (χ0v) is 24.7. The first-order chi connectivity index (χ1) is 20.4. The molecule has 0 bridgehead atoms. The number of nitrogens with one attached hydrogen (secondary N) is 3. The Morgan fingerprint density at radius 1 is 1.19 bits per heavy atom. The number of carbonyl (C=O) groups is 1. The van der Waals surface area contributed by atoms with Gasteiger partial charge in [-0.15, -0.1) is 0 Å². The summed E-state index contributed by atoms with van der Waals surface area (Å²) in [6.45, 7) is 1.86. The highest BCUT2D eigenvalue weighted by Crippen LogP contribution is 2.32. The number of halogens is 1. The molecule has 0 spiro atoms. The Labute approximate surface area is 250 Å². The first kappa shape index (κ1) is 35.9. The number of aliphatic hydroxyl groups is 4. The zero-order valence-electron chi connectivity index (χ0n) is 24.7. The van der Waals surface area contributed by atoms with E-state index < -0.39 is 85.5 Å². The second-order valence-electron chi connectivity index (χ2n) is 11.5. The monoisotopic (exact) mass is 623 g/mol. The van der Waals surface area contributed by atoms with Gasteiger partial charge in [0, 0.05) is 12.6 Å². The fourth-order valence-electron chi connectivity index (χ4n) is 5.65. The van der Waals surface area contributed by atoms with E-state index >= 15 is 0 Å². The molecular weight excluding hydrogens is 573 g/mol. The molecule has 1 amide bonds. The van der Waals surface area contributed by atoms with Crippen LogP contribution in [0.5, 0.6) is 0 Å². The molecule has 17 heteroatoms. The number of aliphatic hydroxyl groups excluding tert-OH is 3. The average molecular weight is 624 g/mol. The highest BCUT2D eigenvalue weighted by molar-refractivity contribution is 5.81. The molecule has 3 rings (SSSR count). The van der Waals surface area contributed by atoms with Crippen LogP contribution >= 0.6 is 0 Å². The minimum Gasteiger partial charge on any atom is -0.467 e. The molecule has 1 saturated carbocycles. The summed E-state index contributed by atoms with van der Waals surface area (Å²) >= 11 is 0. The number of amides is 1. The van der Waals surface area contributed by atoms with E-state index in [1.165, 1.54) is 6.92 Å². The number of carbonyl (C=O) groups excluding carboxylic acids is 1. The minimum atomic E-state index is -2.08. The van der Waals surface area contributed by atoms with Gasteiger partial charge in [0.15, 0.2) is 12.4 Å². The van der Waals surface area contributed by atoms with Crippen molar-refractivity contribution in [2.45, 2.75) is 105 Å². The van der Waals surface area contributed by atoms with E-state index in [0.29, 0.717) is 31.7 Å². The standard InChI is InChI=1S/C26H50FN7O9/c1-26(39)11-40-25(19(37)22(26)32-2)43-21-16(34-23(38)17(35)13(27)10-30)8-14(31)20(18(21)36)42-24-15(33-7-3-6-28)5-4-12(9-29)41-24/h4,13-22,24-25,32-33,35-37,39H,3,5-11,28-31H2,1-2H3,(H,34,38)/t13?,14-,15+,16+,17?,18-,19+,20?,21-,22+,24+,25+,26-/m0/s1. The summed E-state index contributed by atoms with van der Waals surface area (Å²) in [7, 11) is 1.55. The van der Waals surface area contributed by atoms with Gasteiger partial charge in [-0.1, -0.05) is 0 Å². The van der Waals surface area contributed by atoms with E-state index in [4.69, 9.17) is 41.9 Å². The van der Waals surface area contributed by atoms with Gasteiger partial charge < -0.3 is 78.3 Å². The van der Waals surface area contributed by atoms with Crippen molar-refractivity contribution in [3.8, 4) is 0 Å². The lowest BCUT2D eigenvalue weighted by atomic mass is 9.83. The van der Waals surface area contributed by atoms with Crippen LogP contribution in [-0.4, -0.2) is 145 Å². The Bertz CT molecular complexity index is 922. The lowest BCUT2D eigenvalue weighted by molar-refractivity contribution is -0.304. The second-order valence-corrected chi connectivity index (χ2v) is 11.5. The molecule has 13 atom stereocenters. The molecule has 3 aliphatic rings. The van der Waals surface area contributed by atoms with Crippen molar-refractivity contribution < 1.29 is 48.6 Å². The van der Waals surface area contributed by atoms with Crippen molar-refractivity contribution in [3.63, 3.8) is 0 Å². The first-order valence-corrected chi connectivity index (χ1v) is 14.6. The normalized spacial score (nSPS) is 39.8. The van der Waals surface area contributed by atoms with Gasteiger partial charge in [-0.2, -0.15) is 0 Å². The molecule has 0 aromatic heterocycles. The third kappa shape index (κ3) is 8.78. The summed E-state index contributed by atoms with van der Waals surface area (Å²) in [5, 5.41) is 51.9. The molecule has 1 saturated heterocycles. The van der Waals surface area contributed by atoms with Crippen molar-refractivity contribution in [2.75, 3.05) is 39.8 Å². The fourth-order valence-corrected chi connectivity index (χ4v) is 5.65. The van der Waals surface area contributed by atoms with Gasteiger partial charge in [-0.05, 0) is 52.4 Å². The molecule has 0 aromatic carbocycles. The first-order valence-electron chi connectivity index (χ1n) is 14.6. The van der Waals surface area contributed by atoms with Gasteiger partial charge in [-0.3, -0.25) is 4.79 Å². The van der Waals surface area contributed by atoms with Crippen molar-refractivity contribution in [2.24, 2.45) is 22.9 Å². The molecule has 3 unspecified atom stereocenters. The average Bonchev–Trinajstić information content (AvgIpc) is 2.98. The lowest BCUT2D eigenvalue weighted by Gasteiger charge is -2.49. The molecule has 1 aliphatic carbocycles. The van der Waals surface area contributed by atoms with Crippen molar-refractivity contribution in [1.29, 1.82) is 0 Å². The van der Waals surface area contributed by atoms with Crippen LogP contribution < -0.4 is 38.9 Å². The van der Waals surface area contributed by atoms with Gasteiger partial charge >= 0.3 is 0 Å². The zero-order chi connectivity index (χ0) is 31.9. The molecule has 16 nitrogen and oxygen atoms in total. The predicted molar refractivity (Wildman–Crippen MR) is 152 cm³/mol. The maximum atomic E-state index is 14.0. The fraction of sp³-hybridized carbons (Fsp3) is 0.885. The van der Waals surface area contributed by atoms with Crippen LogP contribution in [0.2, 0.25) is 0 Å². The van der Waals surface area contributed by atoms with E-state index in [1.54, 1.807) is 7.05 Å². The molecule has 15 N–H and O–H groups in total. The summed E-state index contributed by atoms with van der Waals surface area (Å²) in [5.74, 6) is -0.591. The third-order valence-corrected chi connectivity index (χ3v) is 8.09. The Morgan fingerprint density at radius 3 is 2.51 bits per heavy atom. The molecule has 0 radical (unpaired) electrons. The second kappa shape index (κ2) is 16.1. The Hall–Kier alpha value is -1.58. The summed E-state index contributed by atoms with van der Waals surface area (Å²) in [5.41, 5.74) is 21.7. The topological polar surface area (TPSA) is 275 Å². The molecule has 0 aromatic rings. The van der Waals surface area contributed by atoms with E-state index in [2.05, 4.69) is 16.0 Å². The van der Waals surface area contributed by atoms with Crippen LogP contribution in [0, 0.1) is 0 Å². The number of rotatable bonds is 14. The molecular formula is C26H50FN7O9. The maximum absolute atomic E-state index is 14.0. The van der Waals surface area contributed by atoms with Crippen LogP contribution in [0.25, 0.3) is 0 Å².